The fourth-order valence-corrected chi connectivity index (χ4v) is 12.1. The Kier molecular flexibility index (Phi) is 61.0. The van der Waals surface area contributed by atoms with Crippen LogP contribution in [-0.4, -0.2) is 157 Å². The molecule has 0 heterocycles. The summed E-state index contributed by atoms with van der Waals surface area (Å²) in [6.07, 6.45) is 36.2. The van der Waals surface area contributed by atoms with Gasteiger partial charge in [-0.15, -0.1) is 0 Å². The Hall–Kier alpha value is -4.62. The maximum Gasteiger partial charge on any atom is 0.326 e. The molecule has 0 aliphatic rings. The second-order valence-corrected chi connectivity index (χ2v) is 26.9. The summed E-state index contributed by atoms with van der Waals surface area (Å²) in [6, 6.07) is -7.85. The maximum atomic E-state index is 14.3. The van der Waals surface area contributed by atoms with Crippen LogP contribution in [0.15, 0.2) is 0 Å². The van der Waals surface area contributed by atoms with Crippen LogP contribution in [0.3, 0.4) is 0 Å². The molecule has 554 valence electrons. The van der Waals surface area contributed by atoms with Crippen LogP contribution in [0, 0.1) is 0 Å². The molecule has 1 unspecified atom stereocenters. The van der Waals surface area contributed by atoms with Crippen LogP contribution in [-0.2, 0) is 52.6 Å². The maximum absolute atomic E-state index is 14.3. The number of aliphatic hydroxyl groups is 1. The number of amides is 6. The molecule has 0 saturated heterocycles. The van der Waals surface area contributed by atoms with E-state index in [2.05, 4.69) is 45.7 Å². The second-order valence-electron chi connectivity index (χ2n) is 25.9. The SMILES string of the molecule is CCCCCCCCCCCCCCCC(=O)OCC(CSC[C@@H](NC(=O)CCCCC)C(=O)N[C@@H](CO)C(=O)N[C@@H](CCCCN)C(=O)N[C@@H](CCCCN)C(=O)N[C@@H](CCCCN)C(=O)N[C@@H](CCCCN)C(=O)O)OC(=O)CCCCCCCCCCCCCCC. The monoisotopic (exact) mass is 1370 g/mol. The lowest BCUT2D eigenvalue weighted by Gasteiger charge is -2.27. The van der Waals surface area contributed by atoms with Crippen LogP contribution >= 0.6 is 11.8 Å². The third-order valence-electron chi connectivity index (χ3n) is 17.1. The zero-order valence-electron chi connectivity index (χ0n) is 59.4. The van der Waals surface area contributed by atoms with Gasteiger partial charge in [0.2, 0.25) is 35.4 Å². The number of ether oxygens (including phenoxy) is 2. The van der Waals surface area contributed by atoms with Crippen molar-refractivity contribution in [1.29, 1.82) is 0 Å². The van der Waals surface area contributed by atoms with Crippen molar-refractivity contribution in [1.82, 2.24) is 31.9 Å². The number of esters is 2. The van der Waals surface area contributed by atoms with Crippen LogP contribution < -0.4 is 54.8 Å². The first-order valence-electron chi connectivity index (χ1n) is 37.4. The third-order valence-corrected chi connectivity index (χ3v) is 18.2. The van der Waals surface area contributed by atoms with Gasteiger partial charge in [-0.2, -0.15) is 11.8 Å². The smallest absolute Gasteiger partial charge is 0.326 e. The van der Waals surface area contributed by atoms with Gasteiger partial charge in [0.15, 0.2) is 0 Å². The molecule has 24 heteroatoms. The van der Waals surface area contributed by atoms with Crippen molar-refractivity contribution in [3.05, 3.63) is 0 Å². The van der Waals surface area contributed by atoms with Gasteiger partial charge >= 0.3 is 17.9 Å². The number of hydrogen-bond acceptors (Lipinski definition) is 17. The van der Waals surface area contributed by atoms with Gasteiger partial charge in [-0.05, 0) is 122 Å². The number of carboxylic acid groups (broad SMARTS) is 1. The Morgan fingerprint density at radius 2 is 0.653 bits per heavy atom. The molecule has 0 bridgehead atoms. The summed E-state index contributed by atoms with van der Waals surface area (Å²) in [4.78, 5) is 122. The van der Waals surface area contributed by atoms with Crippen molar-refractivity contribution < 1.29 is 62.8 Å². The van der Waals surface area contributed by atoms with Crippen molar-refractivity contribution >= 4 is 65.1 Å². The standard InChI is InChI=1S/C71H136N10O13S/c1-4-7-10-12-14-16-18-20-22-24-26-28-31-46-64(84)93-53-56(94-65(85)47-32-29-27-25-23-21-19-17-15-13-11-8-5-2)54-95-55-62(76-63(83)45-30-9-6-3)70(90)81-61(52-82)69(89)79-58(42-34-38-49-73)67(87)77-57(41-33-37-48-72)66(86)78-59(43-35-39-50-74)68(88)80-60(71(91)92)44-36-40-51-75/h56-62,82H,4-55,72-75H2,1-3H3,(H,76,83)(H,77,87)(H,78,86)(H,79,89)(H,80,88)(H,81,90)(H,91,92)/t56?,57-,58-,59-,60-,61-,62+/m0/s1. The fourth-order valence-electron chi connectivity index (χ4n) is 11.1. The highest BCUT2D eigenvalue weighted by molar-refractivity contribution is 7.99. The Morgan fingerprint density at radius 1 is 0.347 bits per heavy atom. The lowest BCUT2D eigenvalue weighted by atomic mass is 10.0. The molecular weight excluding hydrogens is 1230 g/mol. The number of aliphatic hydroxyl groups excluding tert-OH is 1. The highest BCUT2D eigenvalue weighted by atomic mass is 32.2. The van der Waals surface area contributed by atoms with Crippen molar-refractivity contribution in [3.8, 4) is 0 Å². The first kappa shape index (κ1) is 90.4. The minimum Gasteiger partial charge on any atom is -0.480 e. The third kappa shape index (κ3) is 51.3. The van der Waals surface area contributed by atoms with Crippen LogP contribution in [0.25, 0.3) is 0 Å². The molecule has 0 radical (unpaired) electrons. The summed E-state index contributed by atoms with van der Waals surface area (Å²) in [5.74, 6) is -6.43. The van der Waals surface area contributed by atoms with Crippen LogP contribution in [0.2, 0.25) is 0 Å². The molecule has 0 spiro atoms. The van der Waals surface area contributed by atoms with Gasteiger partial charge in [-0.3, -0.25) is 38.4 Å². The lowest BCUT2D eigenvalue weighted by molar-refractivity contribution is -0.157. The number of rotatable bonds is 68. The molecule has 7 atom stereocenters. The zero-order valence-corrected chi connectivity index (χ0v) is 60.2. The number of carbonyl (C=O) groups is 9. The Morgan fingerprint density at radius 3 is 1.02 bits per heavy atom. The molecule has 16 N–H and O–H groups in total. The van der Waals surface area contributed by atoms with E-state index in [-0.39, 0.29) is 76.1 Å². The average molecular weight is 1370 g/mol. The summed E-state index contributed by atoms with van der Waals surface area (Å²) in [5, 5.41) is 36.5. The summed E-state index contributed by atoms with van der Waals surface area (Å²) in [6.45, 7) is 6.56. The number of thioether (sulfide) groups is 1. The van der Waals surface area contributed by atoms with Crippen molar-refractivity contribution in [2.75, 3.05) is 50.9 Å². The number of carboxylic acids is 1. The highest BCUT2D eigenvalue weighted by Crippen LogP contribution is 2.18. The van der Waals surface area contributed by atoms with Gasteiger partial charge in [-0.1, -0.05) is 188 Å². The van der Waals surface area contributed by atoms with Gasteiger partial charge in [-0.25, -0.2) is 4.79 Å². The second kappa shape index (κ2) is 64.1. The Bertz CT molecular complexity index is 2000. The van der Waals surface area contributed by atoms with Crippen molar-refractivity contribution in [3.63, 3.8) is 0 Å². The number of nitrogens with two attached hydrogens (primary N) is 4. The largest absolute Gasteiger partial charge is 0.480 e. The molecule has 0 saturated carbocycles. The predicted octanol–water partition coefficient (Wildman–Crippen LogP) is 9.22. The van der Waals surface area contributed by atoms with Gasteiger partial charge in [0.05, 0.1) is 6.61 Å². The topological polar surface area (TPSA) is 389 Å². The molecule has 0 rings (SSSR count). The molecule has 23 nitrogen and oxygen atoms in total. The van der Waals surface area contributed by atoms with E-state index in [4.69, 9.17) is 32.4 Å². The van der Waals surface area contributed by atoms with Crippen molar-refractivity contribution in [2.45, 2.75) is 346 Å². The molecule has 0 aliphatic carbocycles. The Labute approximate surface area is 576 Å². The Balaban J connectivity index is 6.36. The normalized spacial score (nSPS) is 13.5. The van der Waals surface area contributed by atoms with E-state index in [9.17, 15) is 53.4 Å². The van der Waals surface area contributed by atoms with Crippen molar-refractivity contribution in [2.24, 2.45) is 22.9 Å². The molecule has 0 aromatic heterocycles. The molecule has 0 fully saturated rings. The first-order valence-corrected chi connectivity index (χ1v) is 38.6. The number of nitrogens with one attached hydrogen (secondary N) is 6. The van der Waals surface area contributed by atoms with Gasteiger partial charge in [0, 0.05) is 30.8 Å². The van der Waals surface area contributed by atoms with E-state index >= 15 is 0 Å². The summed E-state index contributed by atoms with van der Waals surface area (Å²) in [7, 11) is 0. The van der Waals surface area contributed by atoms with Crippen LogP contribution in [0.5, 0.6) is 0 Å². The zero-order chi connectivity index (χ0) is 70.4. The highest BCUT2D eigenvalue weighted by Gasteiger charge is 2.34. The lowest BCUT2D eigenvalue weighted by Crippen LogP contribution is -2.60. The summed E-state index contributed by atoms with van der Waals surface area (Å²) < 4.78 is 11.7. The minimum atomic E-state index is -1.62. The number of aliphatic carboxylic acids is 1. The number of hydrogen-bond donors (Lipinski definition) is 12. The number of carbonyl (C=O) groups excluding carboxylic acids is 8. The first-order chi connectivity index (χ1) is 46.0. The summed E-state index contributed by atoms with van der Waals surface area (Å²) >= 11 is 1.18. The summed E-state index contributed by atoms with van der Waals surface area (Å²) in [5.41, 5.74) is 23.0. The minimum absolute atomic E-state index is 0.0375. The molecule has 0 aliphatic heterocycles. The number of unbranched alkanes of at least 4 members (excludes halogenated alkanes) is 30. The molecule has 0 aromatic rings. The van der Waals surface area contributed by atoms with E-state index in [1.54, 1.807) is 0 Å². The van der Waals surface area contributed by atoms with E-state index in [1.807, 2.05) is 6.92 Å². The average Bonchev–Trinajstić information content (AvgIpc) is 1.08. The van der Waals surface area contributed by atoms with Gasteiger partial charge in [0.25, 0.3) is 0 Å². The molecule has 0 aromatic carbocycles. The van der Waals surface area contributed by atoms with E-state index in [1.165, 1.54) is 127 Å². The van der Waals surface area contributed by atoms with Gasteiger partial charge < -0.3 is 74.5 Å². The van der Waals surface area contributed by atoms with E-state index in [0.29, 0.717) is 83.7 Å². The van der Waals surface area contributed by atoms with Crippen LogP contribution in [0.4, 0.5) is 0 Å². The van der Waals surface area contributed by atoms with Gasteiger partial charge in [0.1, 0.15) is 49.0 Å². The molecule has 6 amide bonds. The molecule has 95 heavy (non-hydrogen) atoms. The predicted molar refractivity (Wildman–Crippen MR) is 381 cm³/mol. The quantitative estimate of drug-likeness (QED) is 0.0199. The fraction of sp³-hybridized carbons (Fsp3) is 0.873. The van der Waals surface area contributed by atoms with Crippen LogP contribution in [0.1, 0.15) is 303 Å². The van der Waals surface area contributed by atoms with E-state index in [0.717, 1.165) is 51.4 Å². The molecular formula is C71H136N10O13S. The van der Waals surface area contributed by atoms with E-state index < -0.39 is 102 Å².